The van der Waals surface area contributed by atoms with Crippen LogP contribution in [-0.4, -0.2) is 12.1 Å². The summed E-state index contributed by atoms with van der Waals surface area (Å²) in [6.45, 7) is 2.02. The zero-order chi connectivity index (χ0) is 12.3. The molecule has 0 aliphatic heterocycles. The first-order valence-electron chi connectivity index (χ1n) is 5.26. The van der Waals surface area contributed by atoms with E-state index in [1.165, 1.54) is 7.11 Å². The van der Waals surface area contributed by atoms with Crippen LogP contribution in [0.2, 0.25) is 0 Å². The molecule has 3 nitrogen and oxygen atoms in total. The van der Waals surface area contributed by atoms with E-state index in [4.69, 9.17) is 10.00 Å². The van der Waals surface area contributed by atoms with Crippen molar-refractivity contribution >= 4 is 0 Å². The first-order valence-corrected chi connectivity index (χ1v) is 5.26. The fraction of sp³-hybridized carbons (Fsp3) is 0.143. The van der Waals surface area contributed by atoms with Gasteiger partial charge in [0, 0.05) is 5.56 Å². The lowest BCUT2D eigenvalue weighted by Gasteiger charge is -2.07. The van der Waals surface area contributed by atoms with Crippen LogP contribution in [0.5, 0.6) is 5.75 Å². The summed E-state index contributed by atoms with van der Waals surface area (Å²) >= 11 is 0. The molecule has 0 radical (unpaired) electrons. The van der Waals surface area contributed by atoms with E-state index in [0.29, 0.717) is 11.3 Å². The number of hydrogen-bond donors (Lipinski definition) is 0. The number of ether oxygens (including phenoxy) is 1. The summed E-state index contributed by atoms with van der Waals surface area (Å²) in [5.74, 6) is 0.504. The van der Waals surface area contributed by atoms with Crippen LogP contribution >= 0.6 is 0 Å². The second-order valence-electron chi connectivity index (χ2n) is 3.70. The average molecular weight is 224 g/mol. The molecular weight excluding hydrogens is 212 g/mol. The van der Waals surface area contributed by atoms with E-state index in [-0.39, 0.29) is 0 Å². The molecule has 0 aliphatic carbocycles. The Morgan fingerprint density at radius 1 is 1.29 bits per heavy atom. The van der Waals surface area contributed by atoms with E-state index in [9.17, 15) is 0 Å². The first-order chi connectivity index (χ1) is 8.26. The van der Waals surface area contributed by atoms with Crippen molar-refractivity contribution in [2.75, 3.05) is 7.11 Å². The molecule has 0 spiro atoms. The van der Waals surface area contributed by atoms with Gasteiger partial charge in [0.1, 0.15) is 6.07 Å². The van der Waals surface area contributed by atoms with Gasteiger partial charge in [-0.25, -0.2) is 0 Å². The van der Waals surface area contributed by atoms with Crippen molar-refractivity contribution < 1.29 is 4.74 Å². The number of rotatable bonds is 2. The van der Waals surface area contributed by atoms with E-state index in [0.717, 1.165) is 16.8 Å². The fourth-order valence-corrected chi connectivity index (χ4v) is 1.70. The molecule has 1 aromatic carbocycles. The Morgan fingerprint density at radius 3 is 2.71 bits per heavy atom. The van der Waals surface area contributed by atoms with Crippen molar-refractivity contribution in [2.24, 2.45) is 0 Å². The molecule has 3 heteroatoms. The molecule has 0 atom stereocenters. The molecule has 0 bridgehead atoms. The van der Waals surface area contributed by atoms with Gasteiger partial charge >= 0.3 is 0 Å². The predicted octanol–water partition coefficient (Wildman–Crippen LogP) is 2.94. The quantitative estimate of drug-likeness (QED) is 0.787. The highest BCUT2D eigenvalue weighted by molar-refractivity contribution is 5.65. The Bertz CT molecular complexity index is 585. The molecule has 2 aromatic rings. The van der Waals surface area contributed by atoms with E-state index >= 15 is 0 Å². The maximum Gasteiger partial charge on any atom is 0.154 e. The number of nitriles is 1. The normalized spacial score (nSPS) is 9.71. The van der Waals surface area contributed by atoms with Crippen molar-refractivity contribution in [3.05, 3.63) is 47.7 Å². The molecule has 2 rings (SSSR count). The number of nitrogens with zero attached hydrogens (tertiary/aromatic N) is 2. The molecule has 0 unspecified atom stereocenters. The summed E-state index contributed by atoms with van der Waals surface area (Å²) in [6.07, 6.45) is 1.58. The van der Waals surface area contributed by atoms with Gasteiger partial charge in [-0.2, -0.15) is 5.26 Å². The summed E-state index contributed by atoms with van der Waals surface area (Å²) in [4.78, 5) is 4.31. The van der Waals surface area contributed by atoms with Crippen molar-refractivity contribution in [3.8, 4) is 23.1 Å². The molecule has 0 amide bonds. The van der Waals surface area contributed by atoms with Gasteiger partial charge in [0.05, 0.1) is 24.6 Å². The summed E-state index contributed by atoms with van der Waals surface area (Å²) in [5.41, 5.74) is 3.46. The lowest BCUT2D eigenvalue weighted by molar-refractivity contribution is 0.411. The predicted molar refractivity (Wildman–Crippen MR) is 65.7 cm³/mol. The lowest BCUT2D eigenvalue weighted by Crippen LogP contribution is -1.93. The summed E-state index contributed by atoms with van der Waals surface area (Å²) < 4.78 is 5.07. The van der Waals surface area contributed by atoms with Gasteiger partial charge in [0.25, 0.3) is 0 Å². The third kappa shape index (κ3) is 2.11. The zero-order valence-electron chi connectivity index (χ0n) is 9.77. The van der Waals surface area contributed by atoms with Gasteiger partial charge in [-0.05, 0) is 18.6 Å². The van der Waals surface area contributed by atoms with Crippen LogP contribution in [0.15, 0.2) is 36.5 Å². The minimum atomic E-state index is 0.501. The smallest absolute Gasteiger partial charge is 0.154 e. The van der Waals surface area contributed by atoms with Crippen LogP contribution in [0.25, 0.3) is 11.3 Å². The zero-order valence-corrected chi connectivity index (χ0v) is 9.77. The van der Waals surface area contributed by atoms with Crippen molar-refractivity contribution in [3.63, 3.8) is 0 Å². The van der Waals surface area contributed by atoms with Crippen molar-refractivity contribution in [1.82, 2.24) is 4.98 Å². The monoisotopic (exact) mass is 224 g/mol. The molecule has 17 heavy (non-hydrogen) atoms. The van der Waals surface area contributed by atoms with E-state index in [1.807, 2.05) is 31.2 Å². The lowest BCUT2D eigenvalue weighted by atomic mass is 10.0. The molecule has 0 saturated heterocycles. The molecule has 0 fully saturated rings. The van der Waals surface area contributed by atoms with Gasteiger partial charge in [-0.3, -0.25) is 4.98 Å². The van der Waals surface area contributed by atoms with Crippen LogP contribution in [0.3, 0.4) is 0 Å². The Hall–Kier alpha value is -2.34. The van der Waals surface area contributed by atoms with Gasteiger partial charge < -0.3 is 4.74 Å². The fourth-order valence-electron chi connectivity index (χ4n) is 1.70. The molecule has 1 heterocycles. The Labute approximate surface area is 100 Å². The Balaban J connectivity index is 2.55. The molecule has 0 N–H and O–H groups in total. The third-order valence-electron chi connectivity index (χ3n) is 2.63. The van der Waals surface area contributed by atoms with E-state index in [2.05, 4.69) is 11.1 Å². The second kappa shape index (κ2) is 4.67. The number of aromatic nitrogens is 1. The second-order valence-corrected chi connectivity index (χ2v) is 3.70. The molecule has 1 aromatic heterocycles. The van der Waals surface area contributed by atoms with Crippen molar-refractivity contribution in [1.29, 1.82) is 5.26 Å². The summed E-state index contributed by atoms with van der Waals surface area (Å²) in [6, 6.07) is 11.8. The van der Waals surface area contributed by atoms with Crippen LogP contribution in [0, 0.1) is 18.3 Å². The largest absolute Gasteiger partial charge is 0.494 e. The topological polar surface area (TPSA) is 45.9 Å². The van der Waals surface area contributed by atoms with Gasteiger partial charge in [-0.15, -0.1) is 0 Å². The number of hydrogen-bond acceptors (Lipinski definition) is 3. The average Bonchev–Trinajstić information content (AvgIpc) is 2.38. The highest BCUT2D eigenvalue weighted by atomic mass is 16.5. The number of aryl methyl sites for hydroxylation is 1. The molecule has 0 saturated carbocycles. The summed E-state index contributed by atoms with van der Waals surface area (Å²) in [7, 11) is 1.53. The first kappa shape index (κ1) is 11.2. The number of methoxy groups -OCH3 is 1. The van der Waals surface area contributed by atoms with Gasteiger partial charge in [0.15, 0.2) is 5.75 Å². The van der Waals surface area contributed by atoms with E-state index < -0.39 is 0 Å². The standard InChI is InChI=1S/C14H12N2O/c1-10-5-3-4-6-12(10)13-7-11(8-15)14(17-2)9-16-13/h3-7,9H,1-2H3. The third-order valence-corrected chi connectivity index (χ3v) is 2.63. The van der Waals surface area contributed by atoms with Gasteiger partial charge in [0.2, 0.25) is 0 Å². The number of pyridine rings is 1. The van der Waals surface area contributed by atoms with Crippen LogP contribution in [0.4, 0.5) is 0 Å². The Morgan fingerprint density at radius 2 is 2.06 bits per heavy atom. The van der Waals surface area contributed by atoms with Crippen LogP contribution in [-0.2, 0) is 0 Å². The molecule has 0 aliphatic rings. The SMILES string of the molecule is COc1cnc(-c2ccccc2C)cc1C#N. The molecule has 84 valence electrons. The number of benzene rings is 1. The maximum atomic E-state index is 9.03. The van der Waals surface area contributed by atoms with E-state index in [1.54, 1.807) is 12.3 Å². The van der Waals surface area contributed by atoms with Gasteiger partial charge in [-0.1, -0.05) is 24.3 Å². The van der Waals surface area contributed by atoms with Crippen LogP contribution < -0.4 is 4.74 Å². The highest BCUT2D eigenvalue weighted by Gasteiger charge is 2.07. The van der Waals surface area contributed by atoms with Crippen molar-refractivity contribution in [2.45, 2.75) is 6.92 Å². The minimum absolute atomic E-state index is 0.501. The summed E-state index contributed by atoms with van der Waals surface area (Å²) in [5, 5.41) is 9.03. The highest BCUT2D eigenvalue weighted by Crippen LogP contribution is 2.25. The van der Waals surface area contributed by atoms with Crippen LogP contribution in [0.1, 0.15) is 11.1 Å². The Kier molecular flexibility index (Phi) is 3.06. The minimum Gasteiger partial charge on any atom is -0.494 e. The molecular formula is C14H12N2O. The maximum absolute atomic E-state index is 9.03.